The molecule has 1 atom stereocenters. The van der Waals surface area contributed by atoms with Crippen LogP contribution in [0.15, 0.2) is 36.4 Å². The van der Waals surface area contributed by atoms with Gasteiger partial charge in [0, 0.05) is 11.0 Å². The summed E-state index contributed by atoms with van der Waals surface area (Å²) in [4.78, 5) is 23.3. The van der Waals surface area contributed by atoms with Gasteiger partial charge in [-0.25, -0.2) is 0 Å². The summed E-state index contributed by atoms with van der Waals surface area (Å²) in [5, 5.41) is 22.6. The van der Waals surface area contributed by atoms with Crippen molar-refractivity contribution in [2.24, 2.45) is 5.41 Å². The number of hydrogen-bond acceptors (Lipinski definition) is 4. The van der Waals surface area contributed by atoms with E-state index < -0.39 is 18.1 Å². The first-order valence-electron chi connectivity index (χ1n) is 13.3. The molecular formula is C31H45NO5. The number of hydrogen-bond donors (Lipinski definition) is 3. The maximum Gasteiger partial charge on any atom is 0.322 e. The molecule has 2 rings (SSSR count). The molecule has 0 heterocycles. The Morgan fingerprint density at radius 1 is 0.919 bits per heavy atom. The highest BCUT2D eigenvalue weighted by molar-refractivity contribution is 5.97. The second-order valence-electron chi connectivity index (χ2n) is 11.2. The Morgan fingerprint density at radius 3 is 1.95 bits per heavy atom. The van der Waals surface area contributed by atoms with Crippen LogP contribution in [0, 0.1) is 19.3 Å². The van der Waals surface area contributed by atoms with Gasteiger partial charge in [-0.1, -0.05) is 72.2 Å². The molecule has 2 aromatic carbocycles. The first-order chi connectivity index (χ1) is 17.2. The average molecular weight is 512 g/mol. The molecule has 3 N–H and O–H groups in total. The minimum absolute atomic E-state index is 0.238. The van der Waals surface area contributed by atoms with Crippen LogP contribution in [0.2, 0.25) is 0 Å². The molecule has 37 heavy (non-hydrogen) atoms. The molecule has 1 unspecified atom stereocenters. The van der Waals surface area contributed by atoms with E-state index in [1.807, 2.05) is 52.8 Å². The molecule has 0 saturated heterocycles. The smallest absolute Gasteiger partial charge is 0.322 e. The van der Waals surface area contributed by atoms with Crippen LogP contribution in [0.25, 0.3) is 0 Å². The van der Waals surface area contributed by atoms with Crippen molar-refractivity contribution in [2.75, 3.05) is 13.2 Å². The lowest BCUT2D eigenvalue weighted by atomic mass is 9.70. The molecule has 6 nitrogen and oxygen atoms in total. The minimum atomic E-state index is -1.07. The molecule has 204 valence electrons. The molecule has 0 aliphatic carbocycles. The van der Waals surface area contributed by atoms with Crippen LogP contribution in [0.1, 0.15) is 99.8 Å². The van der Waals surface area contributed by atoms with Gasteiger partial charge in [0.1, 0.15) is 24.5 Å². The van der Waals surface area contributed by atoms with Crippen LogP contribution in [0.3, 0.4) is 0 Å². The van der Waals surface area contributed by atoms with Crippen molar-refractivity contribution in [1.29, 1.82) is 0 Å². The summed E-state index contributed by atoms with van der Waals surface area (Å²) in [6.45, 7) is 16.3. The molecule has 0 saturated carbocycles. The van der Waals surface area contributed by atoms with Crippen molar-refractivity contribution in [1.82, 2.24) is 5.32 Å². The molecule has 6 heteroatoms. The number of ether oxygens (including phenoxy) is 1. The summed E-state index contributed by atoms with van der Waals surface area (Å²) < 4.78 is 6.19. The standard InChI is InChI=1S/C31H45NO5/c1-9-16-31(36,29(6,7)8)20-37-26-15-13-24(18-22(26)5)30(10-2,11-3)23-12-14-25(21(4)17-23)28(35)32-19-27(33)34/h12-15,17-18,36H,9-11,16,19-20H2,1-8H3,(H,32,35)(H,33,34). The van der Waals surface area contributed by atoms with E-state index in [2.05, 4.69) is 38.2 Å². The number of aliphatic hydroxyl groups is 1. The van der Waals surface area contributed by atoms with Gasteiger partial charge in [0.25, 0.3) is 5.91 Å². The van der Waals surface area contributed by atoms with Gasteiger partial charge in [0.05, 0.1) is 0 Å². The van der Waals surface area contributed by atoms with Crippen molar-refractivity contribution < 1.29 is 24.5 Å². The van der Waals surface area contributed by atoms with Crippen LogP contribution < -0.4 is 10.1 Å². The SMILES string of the molecule is CCCC(O)(COc1ccc(C(CC)(CC)c2ccc(C(=O)NCC(=O)O)c(C)c2)cc1C)C(C)(C)C. The number of amides is 1. The summed E-state index contributed by atoms with van der Waals surface area (Å²) in [6.07, 6.45) is 3.29. The van der Waals surface area contributed by atoms with Gasteiger partial charge in [0.2, 0.25) is 0 Å². The Balaban J connectivity index is 2.38. The highest BCUT2D eigenvalue weighted by atomic mass is 16.5. The van der Waals surface area contributed by atoms with Crippen molar-refractivity contribution in [3.8, 4) is 5.75 Å². The van der Waals surface area contributed by atoms with Crippen molar-refractivity contribution in [2.45, 2.75) is 92.1 Å². The first kappa shape index (κ1) is 30.4. The fourth-order valence-electron chi connectivity index (χ4n) is 5.08. The largest absolute Gasteiger partial charge is 0.490 e. The third-order valence-electron chi connectivity index (χ3n) is 7.88. The second kappa shape index (κ2) is 12.1. The Morgan fingerprint density at radius 2 is 1.49 bits per heavy atom. The highest BCUT2D eigenvalue weighted by Crippen LogP contribution is 2.41. The maximum atomic E-state index is 12.5. The van der Waals surface area contributed by atoms with Crippen LogP contribution >= 0.6 is 0 Å². The monoisotopic (exact) mass is 511 g/mol. The summed E-state index contributed by atoms with van der Waals surface area (Å²) >= 11 is 0. The number of carbonyl (C=O) groups excluding carboxylic acids is 1. The fraction of sp³-hybridized carbons (Fsp3) is 0.548. The molecule has 2 aromatic rings. The first-order valence-corrected chi connectivity index (χ1v) is 13.3. The average Bonchev–Trinajstić information content (AvgIpc) is 2.82. The number of carboxylic acid groups (broad SMARTS) is 1. The maximum absolute atomic E-state index is 12.5. The fourth-order valence-corrected chi connectivity index (χ4v) is 5.08. The van der Waals surface area contributed by atoms with E-state index >= 15 is 0 Å². The number of nitrogens with one attached hydrogen (secondary N) is 1. The van der Waals surface area contributed by atoms with Crippen molar-refractivity contribution >= 4 is 11.9 Å². The number of benzene rings is 2. The Kier molecular flexibility index (Phi) is 9.95. The van der Waals surface area contributed by atoms with Gasteiger partial charge >= 0.3 is 5.97 Å². The zero-order chi connectivity index (χ0) is 28.0. The predicted octanol–water partition coefficient (Wildman–Crippen LogP) is 6.18. The van der Waals surface area contributed by atoms with Crippen LogP contribution in [0.4, 0.5) is 0 Å². The molecule has 0 aliphatic rings. The molecule has 0 fully saturated rings. The topological polar surface area (TPSA) is 95.9 Å². The third-order valence-corrected chi connectivity index (χ3v) is 7.88. The van der Waals surface area contributed by atoms with E-state index in [1.165, 1.54) is 5.56 Å². The predicted molar refractivity (Wildman–Crippen MR) is 148 cm³/mol. The van der Waals surface area contributed by atoms with E-state index in [-0.39, 0.29) is 23.3 Å². The van der Waals surface area contributed by atoms with Gasteiger partial charge in [0.15, 0.2) is 0 Å². The normalized spacial score (nSPS) is 13.6. The quantitative estimate of drug-likeness (QED) is 0.316. The Bertz CT molecular complexity index is 1100. The number of carbonyl (C=O) groups is 2. The van der Waals surface area contributed by atoms with E-state index in [4.69, 9.17) is 9.84 Å². The minimum Gasteiger partial charge on any atom is -0.490 e. The van der Waals surface area contributed by atoms with E-state index in [0.29, 0.717) is 12.0 Å². The summed E-state index contributed by atoms with van der Waals surface area (Å²) in [6, 6.07) is 12.1. The molecule has 0 radical (unpaired) electrons. The number of carboxylic acids is 1. The number of rotatable bonds is 12. The molecule has 0 aliphatic heterocycles. The Hall–Kier alpha value is -2.86. The molecule has 1 amide bonds. The Labute approximate surface area is 222 Å². The van der Waals surface area contributed by atoms with Gasteiger partial charge in [-0.05, 0) is 72.9 Å². The van der Waals surface area contributed by atoms with Gasteiger partial charge in [-0.2, -0.15) is 0 Å². The van der Waals surface area contributed by atoms with E-state index in [0.717, 1.165) is 41.7 Å². The summed E-state index contributed by atoms with van der Waals surface area (Å²) in [5.41, 5.74) is 3.11. The van der Waals surface area contributed by atoms with Crippen molar-refractivity contribution in [3.63, 3.8) is 0 Å². The zero-order valence-electron chi connectivity index (χ0n) is 23.8. The number of aliphatic carboxylic acids is 1. The molecule has 0 bridgehead atoms. The van der Waals surface area contributed by atoms with Crippen LogP contribution in [0.5, 0.6) is 5.75 Å². The second-order valence-corrected chi connectivity index (χ2v) is 11.2. The van der Waals surface area contributed by atoms with Gasteiger partial charge in [-0.15, -0.1) is 0 Å². The molecule has 0 spiro atoms. The van der Waals surface area contributed by atoms with Gasteiger partial charge < -0.3 is 20.3 Å². The summed E-state index contributed by atoms with van der Waals surface area (Å²) in [7, 11) is 0. The zero-order valence-corrected chi connectivity index (χ0v) is 23.8. The van der Waals surface area contributed by atoms with E-state index in [1.54, 1.807) is 6.07 Å². The van der Waals surface area contributed by atoms with Crippen LogP contribution in [-0.2, 0) is 10.2 Å². The van der Waals surface area contributed by atoms with Gasteiger partial charge in [-0.3, -0.25) is 9.59 Å². The lowest BCUT2D eigenvalue weighted by Gasteiger charge is -2.40. The summed E-state index contributed by atoms with van der Waals surface area (Å²) in [5.74, 6) is -0.694. The highest BCUT2D eigenvalue weighted by Gasteiger charge is 2.40. The lowest BCUT2D eigenvalue weighted by Crippen LogP contribution is -2.47. The molecule has 0 aromatic heterocycles. The van der Waals surface area contributed by atoms with Crippen molar-refractivity contribution in [3.05, 3.63) is 64.2 Å². The number of aryl methyl sites for hydroxylation is 2. The lowest BCUT2D eigenvalue weighted by molar-refractivity contribution is -0.135. The third kappa shape index (κ3) is 6.72. The van der Waals surface area contributed by atoms with E-state index in [9.17, 15) is 14.7 Å². The van der Waals surface area contributed by atoms with Crippen LogP contribution in [-0.4, -0.2) is 40.8 Å². The molecular weight excluding hydrogens is 466 g/mol.